The molecule has 0 bridgehead atoms. The van der Waals surface area contributed by atoms with Gasteiger partial charge in [-0.3, -0.25) is 4.99 Å². The van der Waals surface area contributed by atoms with Crippen LogP contribution in [0.25, 0.3) is 0 Å². The summed E-state index contributed by atoms with van der Waals surface area (Å²) in [7, 11) is 3.30. The van der Waals surface area contributed by atoms with E-state index in [0.29, 0.717) is 0 Å². The van der Waals surface area contributed by atoms with Gasteiger partial charge in [0.25, 0.3) is 0 Å². The molecule has 2 aromatic rings. The lowest BCUT2D eigenvalue weighted by Gasteiger charge is -2.13. The van der Waals surface area contributed by atoms with Crippen molar-refractivity contribution in [2.24, 2.45) is 4.99 Å². The normalized spacial score (nSPS) is 11.3. The molecule has 6 nitrogen and oxygen atoms in total. The number of ether oxygens (including phenoxy) is 2. The van der Waals surface area contributed by atoms with Crippen LogP contribution < -0.4 is 20.1 Å². The molecule has 2 N–H and O–H groups in total. The minimum Gasteiger partial charge on any atom is -0.493 e. The fourth-order valence-corrected chi connectivity index (χ4v) is 2.82. The van der Waals surface area contributed by atoms with Crippen LogP contribution in [-0.4, -0.2) is 51.8 Å². The topological polar surface area (TPSA) is 68.0 Å². The van der Waals surface area contributed by atoms with E-state index in [2.05, 4.69) is 27.9 Å². The molecule has 0 unspecified atom stereocenters. The minimum atomic E-state index is 0.744. The first-order chi connectivity index (χ1) is 13.3. The van der Waals surface area contributed by atoms with Crippen LogP contribution in [0.1, 0.15) is 11.3 Å². The van der Waals surface area contributed by atoms with E-state index in [1.54, 1.807) is 32.2 Å². The molecule has 1 heterocycles. The van der Waals surface area contributed by atoms with E-state index in [9.17, 15) is 0 Å². The molecule has 0 amide bonds. The highest BCUT2D eigenvalue weighted by molar-refractivity contribution is 7.98. The first kappa shape index (κ1) is 21.0. The second-order valence-corrected chi connectivity index (χ2v) is 6.83. The third-order valence-corrected chi connectivity index (χ3v) is 4.55. The highest BCUT2D eigenvalue weighted by Crippen LogP contribution is 2.27. The van der Waals surface area contributed by atoms with Gasteiger partial charge >= 0.3 is 0 Å². The standard InChI is InChI=1S/C20H29N3O3S/c1-24-18-7-6-16(15-19(18)25-2)8-10-21-20(23-12-14-27-3)22-11-9-17-5-4-13-26-17/h4-7,13,15H,8-12,14H2,1-3H3,(H2,21,22,23). The van der Waals surface area contributed by atoms with Crippen molar-refractivity contribution in [2.45, 2.75) is 12.8 Å². The number of hydrogen-bond acceptors (Lipinski definition) is 5. The quantitative estimate of drug-likeness (QED) is 0.349. The first-order valence-electron chi connectivity index (χ1n) is 9.01. The Morgan fingerprint density at radius 3 is 2.52 bits per heavy atom. The summed E-state index contributed by atoms with van der Waals surface area (Å²) in [6.45, 7) is 2.34. The zero-order chi connectivity index (χ0) is 19.3. The predicted molar refractivity (Wildman–Crippen MR) is 112 cm³/mol. The summed E-state index contributed by atoms with van der Waals surface area (Å²) in [6.07, 6.45) is 5.47. The van der Waals surface area contributed by atoms with Crippen LogP contribution >= 0.6 is 11.8 Å². The Kier molecular flexibility index (Phi) is 9.48. The monoisotopic (exact) mass is 391 g/mol. The molecule has 1 aromatic heterocycles. The summed E-state index contributed by atoms with van der Waals surface area (Å²) < 4.78 is 16.0. The summed E-state index contributed by atoms with van der Waals surface area (Å²) >= 11 is 1.79. The number of rotatable bonds is 11. The van der Waals surface area contributed by atoms with E-state index in [4.69, 9.17) is 13.9 Å². The van der Waals surface area contributed by atoms with Crippen molar-refractivity contribution in [3.63, 3.8) is 0 Å². The number of guanidine groups is 1. The van der Waals surface area contributed by atoms with E-state index < -0.39 is 0 Å². The van der Waals surface area contributed by atoms with Crippen LogP contribution in [0.3, 0.4) is 0 Å². The molecule has 2 rings (SSSR count). The molecule has 1 aromatic carbocycles. The van der Waals surface area contributed by atoms with Gasteiger partial charge in [-0.25, -0.2) is 0 Å². The van der Waals surface area contributed by atoms with Crippen LogP contribution in [-0.2, 0) is 12.8 Å². The maximum atomic E-state index is 5.37. The Balaban J connectivity index is 1.84. The Morgan fingerprint density at radius 1 is 1.07 bits per heavy atom. The van der Waals surface area contributed by atoms with E-state index in [1.165, 1.54) is 5.56 Å². The second-order valence-electron chi connectivity index (χ2n) is 5.85. The number of methoxy groups -OCH3 is 2. The van der Waals surface area contributed by atoms with Gasteiger partial charge in [-0.2, -0.15) is 11.8 Å². The van der Waals surface area contributed by atoms with Gasteiger partial charge in [0, 0.05) is 25.3 Å². The molecule has 0 spiro atoms. The van der Waals surface area contributed by atoms with Crippen molar-refractivity contribution in [3.05, 3.63) is 47.9 Å². The first-order valence-corrected chi connectivity index (χ1v) is 10.4. The van der Waals surface area contributed by atoms with Gasteiger partial charge in [0.2, 0.25) is 0 Å². The van der Waals surface area contributed by atoms with E-state index in [1.807, 2.05) is 24.3 Å². The number of nitrogens with zero attached hydrogens (tertiary/aromatic N) is 1. The average molecular weight is 392 g/mol. The molecule has 148 valence electrons. The second kappa shape index (κ2) is 12.2. The summed E-state index contributed by atoms with van der Waals surface area (Å²) in [5.74, 6) is 4.29. The van der Waals surface area contributed by atoms with Crippen LogP contribution in [0.2, 0.25) is 0 Å². The van der Waals surface area contributed by atoms with Crippen molar-refractivity contribution in [1.29, 1.82) is 0 Å². The van der Waals surface area contributed by atoms with Gasteiger partial charge in [-0.15, -0.1) is 0 Å². The molecular weight excluding hydrogens is 362 g/mol. The molecule has 0 fully saturated rings. The maximum Gasteiger partial charge on any atom is 0.191 e. The zero-order valence-corrected chi connectivity index (χ0v) is 17.1. The zero-order valence-electron chi connectivity index (χ0n) is 16.3. The van der Waals surface area contributed by atoms with Gasteiger partial charge in [0.15, 0.2) is 17.5 Å². The minimum absolute atomic E-state index is 0.744. The van der Waals surface area contributed by atoms with Crippen molar-refractivity contribution in [1.82, 2.24) is 10.6 Å². The van der Waals surface area contributed by atoms with E-state index in [-0.39, 0.29) is 0 Å². The molecule has 0 aliphatic heterocycles. The predicted octanol–water partition coefficient (Wildman–Crippen LogP) is 2.98. The van der Waals surface area contributed by atoms with Crippen LogP contribution in [0.5, 0.6) is 11.5 Å². The number of aliphatic imine (C=N–C) groups is 1. The van der Waals surface area contributed by atoms with Crippen molar-refractivity contribution in [2.75, 3.05) is 45.9 Å². The van der Waals surface area contributed by atoms with Gasteiger partial charge in [0.05, 0.1) is 27.0 Å². The van der Waals surface area contributed by atoms with E-state index in [0.717, 1.165) is 61.4 Å². The number of nitrogens with one attached hydrogen (secondary N) is 2. The smallest absolute Gasteiger partial charge is 0.191 e. The molecule has 0 atom stereocenters. The third-order valence-electron chi connectivity index (χ3n) is 3.96. The Hall–Kier alpha value is -2.28. The maximum absolute atomic E-state index is 5.37. The summed E-state index contributed by atoms with van der Waals surface area (Å²) in [4.78, 5) is 4.62. The summed E-state index contributed by atoms with van der Waals surface area (Å²) in [5.41, 5.74) is 1.18. The lowest BCUT2D eigenvalue weighted by molar-refractivity contribution is 0.354. The largest absolute Gasteiger partial charge is 0.493 e. The van der Waals surface area contributed by atoms with E-state index >= 15 is 0 Å². The fourth-order valence-electron chi connectivity index (χ4n) is 2.54. The highest BCUT2D eigenvalue weighted by atomic mass is 32.2. The molecule has 0 saturated heterocycles. The fraction of sp³-hybridized carbons (Fsp3) is 0.450. The van der Waals surface area contributed by atoms with Crippen molar-refractivity contribution >= 4 is 17.7 Å². The molecule has 0 aliphatic carbocycles. The van der Waals surface area contributed by atoms with Crippen LogP contribution in [0, 0.1) is 0 Å². The van der Waals surface area contributed by atoms with Crippen molar-refractivity contribution < 1.29 is 13.9 Å². The molecular formula is C20H29N3O3S. The molecule has 0 saturated carbocycles. The number of thioether (sulfide) groups is 1. The highest BCUT2D eigenvalue weighted by Gasteiger charge is 2.05. The molecule has 27 heavy (non-hydrogen) atoms. The van der Waals surface area contributed by atoms with Gasteiger partial charge in [0.1, 0.15) is 5.76 Å². The van der Waals surface area contributed by atoms with Gasteiger partial charge in [-0.05, 0) is 42.5 Å². The third kappa shape index (κ3) is 7.46. The Labute approximate surface area is 165 Å². The summed E-state index contributed by atoms with van der Waals surface area (Å²) in [6, 6.07) is 9.89. The number of hydrogen-bond donors (Lipinski definition) is 2. The number of furan rings is 1. The molecule has 0 radical (unpaired) electrons. The van der Waals surface area contributed by atoms with Gasteiger partial charge < -0.3 is 24.5 Å². The number of benzene rings is 1. The summed E-state index contributed by atoms with van der Waals surface area (Å²) in [5, 5.41) is 6.77. The lowest BCUT2D eigenvalue weighted by atomic mass is 10.1. The Morgan fingerprint density at radius 2 is 1.85 bits per heavy atom. The Bertz CT molecular complexity index is 690. The van der Waals surface area contributed by atoms with Gasteiger partial charge in [-0.1, -0.05) is 6.07 Å². The lowest BCUT2D eigenvalue weighted by Crippen LogP contribution is -2.39. The van der Waals surface area contributed by atoms with Crippen LogP contribution in [0.15, 0.2) is 46.0 Å². The average Bonchev–Trinajstić information content (AvgIpc) is 3.21. The molecule has 0 aliphatic rings. The van der Waals surface area contributed by atoms with Crippen LogP contribution in [0.4, 0.5) is 0 Å². The molecule has 7 heteroatoms. The SMILES string of the molecule is COc1ccc(CCNC(=NCCSC)NCCc2ccco2)cc1OC. The van der Waals surface area contributed by atoms with Crippen molar-refractivity contribution in [3.8, 4) is 11.5 Å².